The van der Waals surface area contributed by atoms with Crippen LogP contribution < -0.4 is 11.1 Å². The number of rotatable bonds is 6. The van der Waals surface area contributed by atoms with E-state index in [0.29, 0.717) is 21.4 Å². The Hall–Kier alpha value is -3.18. The van der Waals surface area contributed by atoms with Gasteiger partial charge in [0, 0.05) is 21.4 Å². The lowest BCUT2D eigenvalue weighted by Crippen LogP contribution is -2.14. The predicted molar refractivity (Wildman–Crippen MR) is 111 cm³/mol. The van der Waals surface area contributed by atoms with Crippen LogP contribution in [-0.4, -0.2) is 11.6 Å². The third-order valence-corrected chi connectivity index (χ3v) is 4.48. The predicted octanol–water partition coefficient (Wildman–Crippen LogP) is 4.55. The number of nitrogen functional groups attached to an aromatic ring is 1. The molecule has 2 aromatic rings. The third kappa shape index (κ3) is 4.51. The number of nitro groups is 1. The molecule has 0 unspecified atom stereocenters. The number of halogens is 1. The van der Waals surface area contributed by atoms with Crippen molar-refractivity contribution in [3.63, 3.8) is 0 Å². The highest BCUT2D eigenvalue weighted by Crippen LogP contribution is 2.31. The van der Waals surface area contributed by atoms with Gasteiger partial charge in [-0.05, 0) is 54.7 Å². The molecule has 0 spiro atoms. The molecule has 0 aromatic heterocycles. The first kappa shape index (κ1) is 20.1. The molecule has 0 aliphatic carbocycles. The molecule has 0 amide bonds. The summed E-state index contributed by atoms with van der Waals surface area (Å²) in [4.78, 5) is 14.4. The molecule has 27 heavy (non-hydrogen) atoms. The fourth-order valence-corrected chi connectivity index (χ4v) is 2.76. The van der Waals surface area contributed by atoms with E-state index >= 15 is 0 Å². The van der Waals surface area contributed by atoms with E-state index in [0.717, 1.165) is 5.56 Å². The molecule has 138 valence electrons. The Morgan fingerprint density at radius 3 is 2.48 bits per heavy atom. The third-order valence-electron chi connectivity index (χ3n) is 3.99. The highest BCUT2D eigenvalue weighted by molar-refractivity contribution is 9.10. The number of anilines is 2. The van der Waals surface area contributed by atoms with E-state index in [4.69, 9.17) is 5.73 Å². The van der Waals surface area contributed by atoms with Crippen LogP contribution >= 0.6 is 15.9 Å². The fourth-order valence-electron chi connectivity index (χ4n) is 2.40. The van der Waals surface area contributed by atoms with Crippen molar-refractivity contribution in [2.75, 3.05) is 11.1 Å². The van der Waals surface area contributed by atoms with Crippen molar-refractivity contribution in [1.29, 1.82) is 5.26 Å². The number of nitrogens with two attached hydrogens (primary N) is 1. The summed E-state index contributed by atoms with van der Waals surface area (Å²) in [6.07, 6.45) is 0. The highest BCUT2D eigenvalue weighted by Gasteiger charge is 2.22. The SMILES string of the molecule is C=N/C(=C(/Nc1ccc(C(C)(C)C#N)cc1)c1cc(Br)ccc1N)[N+](=O)[O-]. The van der Waals surface area contributed by atoms with Crippen molar-refractivity contribution >= 4 is 39.7 Å². The molecule has 2 rings (SSSR count). The Kier molecular flexibility index (Phi) is 5.98. The minimum absolute atomic E-state index is 0.126. The molecule has 3 N–H and O–H groups in total. The summed E-state index contributed by atoms with van der Waals surface area (Å²) in [5.41, 5.74) is 7.70. The second-order valence-electron chi connectivity index (χ2n) is 6.28. The molecule has 0 radical (unpaired) electrons. The van der Waals surface area contributed by atoms with Crippen LogP contribution in [-0.2, 0) is 5.41 Å². The number of hydrogen-bond donors (Lipinski definition) is 2. The van der Waals surface area contributed by atoms with E-state index in [-0.39, 0.29) is 5.70 Å². The Labute approximate surface area is 165 Å². The zero-order valence-corrected chi connectivity index (χ0v) is 16.4. The molecule has 2 aromatic carbocycles. The van der Waals surface area contributed by atoms with Gasteiger partial charge in [-0.15, -0.1) is 0 Å². The number of hydrogen-bond acceptors (Lipinski definition) is 6. The smallest absolute Gasteiger partial charge is 0.387 e. The van der Waals surface area contributed by atoms with Gasteiger partial charge in [0.15, 0.2) is 0 Å². The second kappa shape index (κ2) is 8.01. The molecule has 0 bridgehead atoms. The number of nitriles is 1. The first-order valence-corrected chi connectivity index (χ1v) is 8.68. The maximum Gasteiger partial charge on any atom is 0.387 e. The normalized spacial score (nSPS) is 11.9. The van der Waals surface area contributed by atoms with E-state index in [9.17, 15) is 15.4 Å². The second-order valence-corrected chi connectivity index (χ2v) is 7.20. The Bertz CT molecular complexity index is 959. The monoisotopic (exact) mass is 427 g/mol. The van der Waals surface area contributed by atoms with Crippen molar-refractivity contribution in [3.8, 4) is 6.07 Å². The summed E-state index contributed by atoms with van der Waals surface area (Å²) in [5.74, 6) is -0.443. The van der Waals surface area contributed by atoms with Crippen molar-refractivity contribution in [3.05, 3.63) is 74.0 Å². The summed E-state index contributed by atoms with van der Waals surface area (Å²) < 4.78 is 0.712. The van der Waals surface area contributed by atoms with Gasteiger partial charge in [0.2, 0.25) is 0 Å². The van der Waals surface area contributed by atoms with Gasteiger partial charge in [0.25, 0.3) is 0 Å². The summed E-state index contributed by atoms with van der Waals surface area (Å²) in [6, 6.07) is 14.3. The molecule has 7 nitrogen and oxygen atoms in total. The summed E-state index contributed by atoms with van der Waals surface area (Å²) in [6.45, 7) is 6.93. The van der Waals surface area contributed by atoms with Crippen molar-refractivity contribution in [2.24, 2.45) is 4.99 Å². The lowest BCUT2D eigenvalue weighted by atomic mass is 9.86. The largest absolute Gasteiger partial charge is 0.398 e. The molecule has 0 heterocycles. The molecule has 0 atom stereocenters. The number of nitrogens with one attached hydrogen (secondary N) is 1. The highest BCUT2D eigenvalue weighted by atomic mass is 79.9. The minimum atomic E-state index is -0.638. The molecule has 0 fully saturated rings. The van der Waals surface area contributed by atoms with Gasteiger partial charge >= 0.3 is 5.82 Å². The van der Waals surface area contributed by atoms with E-state index in [1.165, 1.54) is 0 Å². The van der Waals surface area contributed by atoms with Gasteiger partial charge in [0.05, 0.1) is 11.5 Å². The van der Waals surface area contributed by atoms with Crippen LogP contribution in [0, 0.1) is 21.4 Å². The van der Waals surface area contributed by atoms with E-state index in [1.54, 1.807) is 42.5 Å². The molecular weight excluding hydrogens is 410 g/mol. The van der Waals surface area contributed by atoms with Gasteiger partial charge in [-0.25, -0.2) is 0 Å². The molecule has 0 saturated carbocycles. The fraction of sp³-hybridized carbons (Fsp3) is 0.158. The van der Waals surface area contributed by atoms with Crippen LogP contribution in [0.25, 0.3) is 5.70 Å². The van der Waals surface area contributed by atoms with Crippen molar-refractivity contribution in [1.82, 2.24) is 0 Å². The minimum Gasteiger partial charge on any atom is -0.398 e. The van der Waals surface area contributed by atoms with Gasteiger partial charge < -0.3 is 21.2 Å². The topological polar surface area (TPSA) is 117 Å². The van der Waals surface area contributed by atoms with Gasteiger partial charge in [-0.1, -0.05) is 33.1 Å². The van der Waals surface area contributed by atoms with Crippen LogP contribution in [0.1, 0.15) is 25.0 Å². The maximum atomic E-state index is 11.4. The lowest BCUT2D eigenvalue weighted by Gasteiger charge is -2.17. The van der Waals surface area contributed by atoms with Gasteiger partial charge in [0.1, 0.15) is 12.4 Å². The standard InChI is InChI=1S/C19H18BrN5O2/c1-19(2,11-21)12-4-7-14(8-5-12)24-17(18(23-3)25(26)27)15-10-13(20)6-9-16(15)22/h4-10,24H,3,22H2,1-2H3/b18-17-. The van der Waals surface area contributed by atoms with Crippen LogP contribution in [0.5, 0.6) is 0 Å². The van der Waals surface area contributed by atoms with Crippen LogP contribution in [0.2, 0.25) is 0 Å². The molecule has 0 aliphatic rings. The quantitative estimate of drug-likeness (QED) is 0.303. The zero-order chi connectivity index (χ0) is 20.2. The summed E-state index contributed by atoms with van der Waals surface area (Å²) in [5, 5.41) is 23.7. The average molecular weight is 428 g/mol. The van der Waals surface area contributed by atoms with Crippen LogP contribution in [0.3, 0.4) is 0 Å². The number of benzene rings is 2. The molecule has 8 heteroatoms. The maximum absolute atomic E-state index is 11.4. The van der Waals surface area contributed by atoms with E-state index < -0.39 is 16.2 Å². The van der Waals surface area contributed by atoms with Gasteiger partial charge in [-0.2, -0.15) is 5.26 Å². The lowest BCUT2D eigenvalue weighted by molar-refractivity contribution is -0.424. The van der Waals surface area contributed by atoms with E-state index in [2.05, 4.69) is 39.0 Å². The molecule has 0 saturated heterocycles. The summed E-state index contributed by atoms with van der Waals surface area (Å²) in [7, 11) is 0. The average Bonchev–Trinajstić information content (AvgIpc) is 2.63. The van der Waals surface area contributed by atoms with E-state index in [1.807, 2.05) is 13.8 Å². The molecular formula is C19H18BrN5O2. The Morgan fingerprint density at radius 2 is 1.96 bits per heavy atom. The van der Waals surface area contributed by atoms with Crippen molar-refractivity contribution < 1.29 is 4.92 Å². The first-order chi connectivity index (χ1) is 12.7. The van der Waals surface area contributed by atoms with Crippen LogP contribution in [0.4, 0.5) is 11.4 Å². The molecule has 0 aliphatic heterocycles. The Balaban J connectivity index is 2.54. The summed E-state index contributed by atoms with van der Waals surface area (Å²) >= 11 is 3.34. The van der Waals surface area contributed by atoms with Gasteiger partial charge in [-0.3, -0.25) is 0 Å². The number of aliphatic imine (C=N–C) groups is 1. The van der Waals surface area contributed by atoms with Crippen LogP contribution in [0.15, 0.2) is 57.8 Å². The van der Waals surface area contributed by atoms with Crippen molar-refractivity contribution in [2.45, 2.75) is 19.3 Å². The first-order valence-electron chi connectivity index (χ1n) is 7.89. The Morgan fingerprint density at radius 1 is 1.33 bits per heavy atom. The number of nitrogens with zero attached hydrogens (tertiary/aromatic N) is 3. The zero-order valence-electron chi connectivity index (χ0n) is 14.9.